The van der Waals surface area contributed by atoms with Crippen molar-refractivity contribution < 1.29 is 19.8 Å². The number of rotatable bonds is 1. The zero-order valence-electron chi connectivity index (χ0n) is 8.22. The third kappa shape index (κ3) is 1.38. The summed E-state index contributed by atoms with van der Waals surface area (Å²) >= 11 is 0. The highest BCUT2D eigenvalue weighted by atomic mass is 16.4. The topological polar surface area (TPSA) is 77.8 Å². The Labute approximate surface area is 87.0 Å². The Morgan fingerprint density at radius 1 is 1.33 bits per heavy atom. The first-order chi connectivity index (χ1) is 7.02. The zero-order valence-corrected chi connectivity index (χ0v) is 8.22. The molecule has 82 valence electrons. The second kappa shape index (κ2) is 3.25. The Balaban J connectivity index is 2.35. The minimum absolute atomic E-state index is 0.193. The van der Waals surface area contributed by atoms with Crippen LogP contribution >= 0.6 is 0 Å². The molecule has 2 aliphatic heterocycles. The van der Waals surface area contributed by atoms with Gasteiger partial charge in [0.1, 0.15) is 6.04 Å². The summed E-state index contributed by atoms with van der Waals surface area (Å²) in [7, 11) is 0. The van der Waals surface area contributed by atoms with Crippen molar-refractivity contribution in [1.82, 2.24) is 4.90 Å². The monoisotopic (exact) mass is 211 g/mol. The molecule has 2 saturated heterocycles. The second-order valence-corrected chi connectivity index (χ2v) is 4.17. The predicted octanol–water partition coefficient (Wildman–Crippen LogP) is 1.16. The average molecular weight is 211 g/mol. The normalized spacial score (nSPS) is 34.3. The fourth-order valence-electron chi connectivity index (χ4n) is 2.74. The number of nitrogens with zero attached hydrogens (tertiary/aromatic N) is 1. The number of piperidine rings is 2. The summed E-state index contributed by atoms with van der Waals surface area (Å²) < 4.78 is 0. The maximum absolute atomic E-state index is 11.1. The van der Waals surface area contributed by atoms with E-state index in [4.69, 9.17) is 10.2 Å². The van der Waals surface area contributed by atoms with Gasteiger partial charge in [0.25, 0.3) is 0 Å². The Morgan fingerprint density at radius 3 is 2.47 bits per heavy atom. The Bertz CT molecular complexity index is 338. The minimum atomic E-state index is -1.13. The van der Waals surface area contributed by atoms with Crippen LogP contribution in [0.1, 0.15) is 19.3 Å². The number of amides is 1. The third-order valence-electron chi connectivity index (χ3n) is 3.38. The van der Waals surface area contributed by atoms with E-state index in [-0.39, 0.29) is 12.0 Å². The largest absolute Gasteiger partial charge is 0.480 e. The van der Waals surface area contributed by atoms with Gasteiger partial charge in [-0.15, -0.1) is 0 Å². The molecule has 1 amide bonds. The molecule has 3 rings (SSSR count). The molecule has 0 aromatic heterocycles. The van der Waals surface area contributed by atoms with E-state index in [0.717, 1.165) is 23.3 Å². The molecule has 2 bridgehead atoms. The summed E-state index contributed by atoms with van der Waals surface area (Å²) in [5.41, 5.74) is 0.885. The lowest BCUT2D eigenvalue weighted by molar-refractivity contribution is -0.148. The Hall–Kier alpha value is -1.52. The lowest BCUT2D eigenvalue weighted by Gasteiger charge is -2.49. The van der Waals surface area contributed by atoms with E-state index < -0.39 is 18.1 Å². The first-order valence-corrected chi connectivity index (χ1v) is 4.94. The van der Waals surface area contributed by atoms with Crippen molar-refractivity contribution in [2.75, 3.05) is 0 Å². The summed E-state index contributed by atoms with van der Waals surface area (Å²) in [5.74, 6) is -1.27. The van der Waals surface area contributed by atoms with Gasteiger partial charge in [0.2, 0.25) is 0 Å². The number of carboxylic acid groups (broad SMARTS) is 2. The van der Waals surface area contributed by atoms with Crippen LogP contribution in [-0.4, -0.2) is 39.3 Å². The molecule has 3 fully saturated rings. The van der Waals surface area contributed by atoms with E-state index in [1.54, 1.807) is 0 Å². The van der Waals surface area contributed by atoms with Crippen LogP contribution in [0.3, 0.4) is 0 Å². The van der Waals surface area contributed by atoms with Gasteiger partial charge in [0, 0.05) is 12.0 Å². The number of aliphatic carboxylic acids is 1. The average Bonchev–Trinajstić information content (AvgIpc) is 2.16. The molecule has 5 nitrogen and oxygen atoms in total. The van der Waals surface area contributed by atoms with Crippen LogP contribution in [0.4, 0.5) is 4.79 Å². The molecule has 2 N–H and O–H groups in total. The fourth-order valence-corrected chi connectivity index (χ4v) is 2.74. The molecule has 3 unspecified atom stereocenters. The van der Waals surface area contributed by atoms with Crippen LogP contribution in [-0.2, 0) is 4.79 Å². The highest BCUT2D eigenvalue weighted by Gasteiger charge is 2.49. The van der Waals surface area contributed by atoms with E-state index in [2.05, 4.69) is 6.58 Å². The fraction of sp³-hybridized carbons (Fsp3) is 0.600. The lowest BCUT2D eigenvalue weighted by atomic mass is 9.72. The number of carbonyl (C=O) groups is 2. The van der Waals surface area contributed by atoms with Crippen LogP contribution in [0.2, 0.25) is 0 Å². The van der Waals surface area contributed by atoms with Crippen LogP contribution < -0.4 is 0 Å². The van der Waals surface area contributed by atoms with Crippen LogP contribution in [0.15, 0.2) is 12.2 Å². The van der Waals surface area contributed by atoms with Gasteiger partial charge in [-0.05, 0) is 19.3 Å². The van der Waals surface area contributed by atoms with E-state index in [0.29, 0.717) is 6.42 Å². The molecule has 0 radical (unpaired) electrons. The van der Waals surface area contributed by atoms with Gasteiger partial charge in [0.15, 0.2) is 0 Å². The Kier molecular flexibility index (Phi) is 2.17. The molecule has 15 heavy (non-hydrogen) atoms. The molecule has 3 aliphatic rings. The molecule has 3 atom stereocenters. The number of hydrogen-bond donors (Lipinski definition) is 2. The summed E-state index contributed by atoms with van der Waals surface area (Å²) in [4.78, 5) is 23.1. The quantitative estimate of drug-likeness (QED) is 0.638. The van der Waals surface area contributed by atoms with Gasteiger partial charge < -0.3 is 10.2 Å². The molecule has 0 aromatic rings. The maximum Gasteiger partial charge on any atom is 0.408 e. The summed E-state index contributed by atoms with van der Waals surface area (Å²) in [6.45, 7) is 3.84. The summed E-state index contributed by atoms with van der Waals surface area (Å²) in [6.07, 6.45) is 0.967. The zero-order chi connectivity index (χ0) is 11.2. The first-order valence-electron chi connectivity index (χ1n) is 4.94. The predicted molar refractivity (Wildman–Crippen MR) is 51.6 cm³/mol. The van der Waals surface area contributed by atoms with Gasteiger partial charge in [-0.2, -0.15) is 0 Å². The maximum atomic E-state index is 11.1. The van der Waals surface area contributed by atoms with Gasteiger partial charge >= 0.3 is 12.1 Å². The second-order valence-electron chi connectivity index (χ2n) is 4.17. The van der Waals surface area contributed by atoms with E-state index in [1.807, 2.05) is 0 Å². The molecular weight excluding hydrogens is 198 g/mol. The van der Waals surface area contributed by atoms with Crippen molar-refractivity contribution in [3.05, 3.63) is 12.2 Å². The summed E-state index contributed by atoms with van der Waals surface area (Å²) in [6, 6.07) is -1.12. The van der Waals surface area contributed by atoms with Crippen LogP contribution in [0.25, 0.3) is 0 Å². The van der Waals surface area contributed by atoms with E-state index in [9.17, 15) is 9.59 Å². The minimum Gasteiger partial charge on any atom is -0.480 e. The standard InChI is InChI=1S/C10H13NO4/c1-5-4-6-2-3-7(5)8(9(12)13)11(6)10(14)15/h6-8H,1-4H2,(H,12,13)(H,14,15). The highest BCUT2D eigenvalue weighted by molar-refractivity contribution is 5.81. The molecule has 2 heterocycles. The number of fused-ring (bicyclic) bond motifs is 3. The van der Waals surface area contributed by atoms with Crippen LogP contribution in [0, 0.1) is 5.92 Å². The molecule has 1 aliphatic carbocycles. The smallest absolute Gasteiger partial charge is 0.408 e. The van der Waals surface area contributed by atoms with Gasteiger partial charge in [-0.3, -0.25) is 4.90 Å². The molecule has 0 spiro atoms. The highest BCUT2D eigenvalue weighted by Crippen LogP contribution is 2.42. The molecule has 5 heteroatoms. The number of carboxylic acids is 1. The number of hydrogen-bond acceptors (Lipinski definition) is 2. The van der Waals surface area contributed by atoms with Crippen molar-refractivity contribution in [2.45, 2.75) is 31.3 Å². The van der Waals surface area contributed by atoms with Gasteiger partial charge in [-0.1, -0.05) is 12.2 Å². The van der Waals surface area contributed by atoms with Crippen molar-refractivity contribution in [3.8, 4) is 0 Å². The summed E-state index contributed by atoms with van der Waals surface area (Å²) in [5, 5.41) is 18.1. The van der Waals surface area contributed by atoms with Gasteiger partial charge in [-0.25, -0.2) is 9.59 Å². The van der Waals surface area contributed by atoms with Crippen LogP contribution in [0.5, 0.6) is 0 Å². The van der Waals surface area contributed by atoms with Crippen molar-refractivity contribution in [3.63, 3.8) is 0 Å². The lowest BCUT2D eigenvalue weighted by Crippen LogP contribution is -2.60. The van der Waals surface area contributed by atoms with Crippen molar-refractivity contribution in [2.24, 2.45) is 5.92 Å². The first kappa shape index (κ1) is 10.0. The van der Waals surface area contributed by atoms with E-state index >= 15 is 0 Å². The van der Waals surface area contributed by atoms with E-state index in [1.165, 1.54) is 0 Å². The molecule has 0 aromatic carbocycles. The molecule has 1 saturated carbocycles. The van der Waals surface area contributed by atoms with Crippen molar-refractivity contribution >= 4 is 12.1 Å². The van der Waals surface area contributed by atoms with Gasteiger partial charge in [0.05, 0.1) is 0 Å². The third-order valence-corrected chi connectivity index (χ3v) is 3.38. The SMILES string of the molecule is C=C1CC2CCC1C(C(=O)O)N2C(=O)O. The Morgan fingerprint density at radius 2 is 2.00 bits per heavy atom. The van der Waals surface area contributed by atoms with Crippen molar-refractivity contribution in [1.29, 1.82) is 0 Å². The molecular formula is C10H13NO4.